The lowest BCUT2D eigenvalue weighted by molar-refractivity contribution is -0.179. The Hall–Kier alpha value is -0.210. The van der Waals surface area contributed by atoms with Gasteiger partial charge in [0.1, 0.15) is 0 Å². The van der Waals surface area contributed by atoms with Crippen molar-refractivity contribution < 1.29 is 17.9 Å². The topological polar surface area (TPSA) is 76.7 Å². The molecular formula is C13H26N2O4S. The fourth-order valence-electron chi connectivity index (χ4n) is 2.98. The summed E-state index contributed by atoms with van der Waals surface area (Å²) in [6.45, 7) is 5.77. The van der Waals surface area contributed by atoms with Crippen LogP contribution in [0, 0.1) is 0 Å². The molecule has 2 aliphatic rings. The molecule has 7 heteroatoms. The third-order valence-corrected chi connectivity index (χ3v) is 4.78. The summed E-state index contributed by atoms with van der Waals surface area (Å²) in [7, 11) is -3.18. The van der Waals surface area contributed by atoms with Crippen molar-refractivity contribution in [3.05, 3.63) is 0 Å². The smallest absolute Gasteiger partial charge is 0.209 e. The highest BCUT2D eigenvalue weighted by Gasteiger charge is 2.40. The molecule has 1 saturated carbocycles. The molecule has 0 unspecified atom stereocenters. The van der Waals surface area contributed by atoms with Crippen LogP contribution in [0.1, 0.15) is 39.5 Å². The average Bonchev–Trinajstić information content (AvgIpc) is 2.74. The average molecular weight is 306 g/mol. The molecule has 2 rings (SSSR count). The number of hydrogen-bond donors (Lipinski definition) is 2. The van der Waals surface area contributed by atoms with Crippen LogP contribution in [0.4, 0.5) is 0 Å². The van der Waals surface area contributed by atoms with E-state index in [4.69, 9.17) is 9.47 Å². The number of ether oxygens (including phenoxy) is 2. The van der Waals surface area contributed by atoms with Crippen molar-refractivity contribution in [2.45, 2.75) is 56.9 Å². The Bertz CT molecular complexity index is 420. The van der Waals surface area contributed by atoms with E-state index in [0.29, 0.717) is 25.8 Å². The Balaban J connectivity index is 1.75. The molecule has 1 aliphatic heterocycles. The zero-order valence-corrected chi connectivity index (χ0v) is 13.4. The first-order valence-electron chi connectivity index (χ1n) is 7.20. The van der Waals surface area contributed by atoms with Crippen molar-refractivity contribution in [2.24, 2.45) is 0 Å². The van der Waals surface area contributed by atoms with Crippen LogP contribution in [0.15, 0.2) is 0 Å². The Labute approximate surface area is 121 Å². The van der Waals surface area contributed by atoms with E-state index in [0.717, 1.165) is 25.7 Å². The Morgan fingerprint density at radius 2 is 1.75 bits per heavy atom. The normalized spacial score (nSPS) is 24.4. The van der Waals surface area contributed by atoms with Gasteiger partial charge in [0.25, 0.3) is 0 Å². The zero-order chi connectivity index (χ0) is 14.9. The molecule has 0 aromatic heterocycles. The van der Waals surface area contributed by atoms with Gasteiger partial charge in [-0.3, -0.25) is 0 Å². The molecule has 6 nitrogen and oxygen atoms in total. The molecule has 0 aromatic rings. The maximum Gasteiger partial charge on any atom is 0.209 e. The van der Waals surface area contributed by atoms with Crippen LogP contribution in [0.2, 0.25) is 0 Å². The Morgan fingerprint density at radius 1 is 1.20 bits per heavy atom. The van der Waals surface area contributed by atoms with Gasteiger partial charge in [0.15, 0.2) is 5.79 Å². The second-order valence-electron chi connectivity index (χ2n) is 6.52. The fourth-order valence-corrected chi connectivity index (χ4v) is 4.06. The van der Waals surface area contributed by atoms with Gasteiger partial charge in [-0.25, -0.2) is 13.1 Å². The highest BCUT2D eigenvalue weighted by molar-refractivity contribution is 7.88. The summed E-state index contributed by atoms with van der Waals surface area (Å²) >= 11 is 0. The first kappa shape index (κ1) is 16.2. The third-order valence-electron chi connectivity index (χ3n) is 3.86. The lowest BCUT2D eigenvalue weighted by Gasteiger charge is -2.37. The van der Waals surface area contributed by atoms with E-state index in [9.17, 15) is 8.42 Å². The summed E-state index contributed by atoms with van der Waals surface area (Å²) < 4.78 is 36.6. The minimum atomic E-state index is -3.18. The van der Waals surface area contributed by atoms with Gasteiger partial charge in [0.05, 0.1) is 19.5 Å². The van der Waals surface area contributed by atoms with E-state index in [1.807, 2.05) is 13.8 Å². The molecular weight excluding hydrogens is 280 g/mol. The standard InChI is InChI=1S/C13H26N2O4S/c1-12(2,15-20(3,16)17)10-14-11-4-6-13(7-5-11)18-8-9-19-13/h11,14-15H,4-10H2,1-3H3. The van der Waals surface area contributed by atoms with Gasteiger partial charge in [0.2, 0.25) is 10.0 Å². The molecule has 1 aliphatic carbocycles. The Kier molecular flexibility index (Phi) is 4.76. The van der Waals surface area contributed by atoms with Crippen LogP contribution in [-0.4, -0.2) is 51.8 Å². The van der Waals surface area contributed by atoms with Crippen molar-refractivity contribution in [1.82, 2.24) is 10.0 Å². The summed E-state index contributed by atoms with van der Waals surface area (Å²) in [5.41, 5.74) is -0.483. The van der Waals surface area contributed by atoms with Crippen molar-refractivity contribution in [3.63, 3.8) is 0 Å². The monoisotopic (exact) mass is 306 g/mol. The summed E-state index contributed by atoms with van der Waals surface area (Å²) in [5, 5.41) is 3.45. The van der Waals surface area contributed by atoms with E-state index in [-0.39, 0.29) is 5.79 Å². The van der Waals surface area contributed by atoms with Crippen LogP contribution >= 0.6 is 0 Å². The van der Waals surface area contributed by atoms with Crippen LogP contribution in [0.3, 0.4) is 0 Å². The van der Waals surface area contributed by atoms with Crippen LogP contribution in [0.25, 0.3) is 0 Å². The van der Waals surface area contributed by atoms with Crippen molar-refractivity contribution in [2.75, 3.05) is 26.0 Å². The van der Waals surface area contributed by atoms with Gasteiger partial charge >= 0.3 is 0 Å². The minimum absolute atomic E-state index is 0.335. The van der Waals surface area contributed by atoms with Gasteiger partial charge in [-0.2, -0.15) is 0 Å². The van der Waals surface area contributed by atoms with E-state index in [2.05, 4.69) is 10.0 Å². The van der Waals surface area contributed by atoms with E-state index < -0.39 is 15.6 Å². The Morgan fingerprint density at radius 3 is 2.25 bits per heavy atom. The maximum absolute atomic E-state index is 11.3. The molecule has 1 saturated heterocycles. The lowest BCUT2D eigenvalue weighted by atomic mass is 9.89. The molecule has 1 spiro atoms. The number of sulfonamides is 1. The van der Waals surface area contributed by atoms with Crippen molar-refractivity contribution in [1.29, 1.82) is 0 Å². The zero-order valence-electron chi connectivity index (χ0n) is 12.6. The molecule has 20 heavy (non-hydrogen) atoms. The summed E-state index contributed by atoms with van der Waals surface area (Å²) in [4.78, 5) is 0. The third kappa shape index (κ3) is 4.66. The maximum atomic E-state index is 11.3. The predicted octanol–water partition coefficient (Wildman–Crippen LogP) is 0.590. The lowest BCUT2D eigenvalue weighted by Crippen LogP contribution is -2.53. The molecule has 118 valence electrons. The largest absolute Gasteiger partial charge is 0.348 e. The number of hydrogen-bond acceptors (Lipinski definition) is 5. The van der Waals surface area contributed by atoms with E-state index in [1.165, 1.54) is 6.26 Å². The van der Waals surface area contributed by atoms with Gasteiger partial charge < -0.3 is 14.8 Å². The highest BCUT2D eigenvalue weighted by Crippen LogP contribution is 2.35. The summed E-state index contributed by atoms with van der Waals surface area (Å²) in [5.74, 6) is -0.335. The second-order valence-corrected chi connectivity index (χ2v) is 8.27. The molecule has 0 bridgehead atoms. The molecule has 1 heterocycles. The number of nitrogens with one attached hydrogen (secondary N) is 2. The van der Waals surface area contributed by atoms with Gasteiger partial charge in [-0.15, -0.1) is 0 Å². The minimum Gasteiger partial charge on any atom is -0.348 e. The van der Waals surface area contributed by atoms with Crippen molar-refractivity contribution in [3.8, 4) is 0 Å². The SMILES string of the molecule is CC(C)(CNC1CCC2(CC1)OCCO2)NS(C)(=O)=O. The molecule has 2 fully saturated rings. The van der Waals surface area contributed by atoms with Gasteiger partial charge in [-0.1, -0.05) is 0 Å². The molecule has 0 amide bonds. The van der Waals surface area contributed by atoms with Crippen LogP contribution in [-0.2, 0) is 19.5 Å². The first-order valence-corrected chi connectivity index (χ1v) is 9.09. The van der Waals surface area contributed by atoms with E-state index in [1.54, 1.807) is 0 Å². The van der Waals surface area contributed by atoms with Crippen LogP contribution in [0.5, 0.6) is 0 Å². The molecule has 0 atom stereocenters. The second kappa shape index (κ2) is 5.88. The van der Waals surface area contributed by atoms with Crippen molar-refractivity contribution >= 4 is 10.0 Å². The first-order chi connectivity index (χ1) is 9.20. The predicted molar refractivity (Wildman–Crippen MR) is 77.0 cm³/mol. The quantitative estimate of drug-likeness (QED) is 0.777. The summed E-state index contributed by atoms with van der Waals surface area (Å²) in [6, 6.07) is 0.397. The van der Waals surface area contributed by atoms with Gasteiger partial charge in [-0.05, 0) is 26.7 Å². The molecule has 0 radical (unpaired) electrons. The fraction of sp³-hybridized carbons (Fsp3) is 1.00. The van der Waals surface area contributed by atoms with Gasteiger partial charge in [0, 0.05) is 31.0 Å². The number of rotatable bonds is 5. The van der Waals surface area contributed by atoms with E-state index >= 15 is 0 Å². The highest BCUT2D eigenvalue weighted by atomic mass is 32.2. The van der Waals surface area contributed by atoms with Crippen LogP contribution < -0.4 is 10.0 Å². The molecule has 0 aromatic carbocycles. The molecule has 2 N–H and O–H groups in total. The summed E-state index contributed by atoms with van der Waals surface area (Å²) in [6.07, 6.45) is 4.99.